The molecule has 1 aliphatic carbocycles. The molecule has 3 nitrogen and oxygen atoms in total. The third-order valence-electron chi connectivity index (χ3n) is 5.20. The molecule has 1 atom stereocenters. The van der Waals surface area contributed by atoms with Crippen LogP contribution in [0, 0.1) is 19.3 Å². The van der Waals surface area contributed by atoms with Crippen LogP contribution in [0.1, 0.15) is 68.9 Å². The topological polar surface area (TPSA) is 29.9 Å². The fraction of sp³-hybridized carbons (Fsp3) is 0.812. The molecular formula is C16H29N3. The fourth-order valence-corrected chi connectivity index (χ4v) is 3.67. The highest BCUT2D eigenvalue weighted by Gasteiger charge is 2.32. The zero-order chi connectivity index (χ0) is 14.0. The van der Waals surface area contributed by atoms with Gasteiger partial charge in [0.2, 0.25) is 0 Å². The van der Waals surface area contributed by atoms with Gasteiger partial charge in [-0.2, -0.15) is 5.10 Å². The molecule has 1 aliphatic rings. The van der Waals surface area contributed by atoms with E-state index in [1.165, 1.54) is 43.4 Å². The summed E-state index contributed by atoms with van der Waals surface area (Å²) in [5, 5.41) is 8.30. The molecule has 2 rings (SSSR count). The minimum atomic E-state index is 0.401. The van der Waals surface area contributed by atoms with Crippen LogP contribution in [0.25, 0.3) is 0 Å². The van der Waals surface area contributed by atoms with Gasteiger partial charge in [0.05, 0.1) is 5.69 Å². The van der Waals surface area contributed by atoms with Crippen molar-refractivity contribution in [2.24, 2.45) is 12.5 Å². The molecule has 108 valence electrons. The van der Waals surface area contributed by atoms with Gasteiger partial charge in [0.25, 0.3) is 0 Å². The minimum absolute atomic E-state index is 0.401. The predicted octanol–water partition coefficient (Wildman–Crippen LogP) is 3.66. The third kappa shape index (κ3) is 2.86. The van der Waals surface area contributed by atoms with Crippen LogP contribution in [0.4, 0.5) is 0 Å². The first-order valence-corrected chi connectivity index (χ1v) is 7.72. The molecule has 0 radical (unpaired) electrons. The molecule has 1 N–H and O–H groups in total. The molecule has 0 spiro atoms. The highest BCUT2D eigenvalue weighted by molar-refractivity contribution is 5.27. The second kappa shape index (κ2) is 5.66. The number of nitrogens with zero attached hydrogens (tertiary/aromatic N) is 2. The SMILES string of the molecule is CCC1(CNC(C)c2c(C)nn(C)c2C)CCCC1. The summed E-state index contributed by atoms with van der Waals surface area (Å²) in [5.41, 5.74) is 4.39. The average Bonchev–Trinajstić information content (AvgIpc) is 2.94. The van der Waals surface area contributed by atoms with Crippen molar-refractivity contribution >= 4 is 0 Å². The molecule has 3 heteroatoms. The fourth-order valence-electron chi connectivity index (χ4n) is 3.67. The van der Waals surface area contributed by atoms with Crippen molar-refractivity contribution in [3.8, 4) is 0 Å². The van der Waals surface area contributed by atoms with Gasteiger partial charge in [0.1, 0.15) is 0 Å². The van der Waals surface area contributed by atoms with Crippen molar-refractivity contribution in [3.05, 3.63) is 17.0 Å². The minimum Gasteiger partial charge on any atom is -0.310 e. The number of hydrogen-bond donors (Lipinski definition) is 1. The van der Waals surface area contributed by atoms with Crippen LogP contribution >= 0.6 is 0 Å². The Morgan fingerprint density at radius 1 is 1.32 bits per heavy atom. The Bertz CT molecular complexity index is 427. The number of aryl methyl sites for hydroxylation is 2. The summed E-state index contributed by atoms with van der Waals surface area (Å²) in [6, 6.07) is 0.401. The maximum Gasteiger partial charge on any atom is 0.0644 e. The standard InChI is InChI=1S/C16H29N3/c1-6-16(9-7-8-10-16)11-17-12(2)15-13(3)18-19(5)14(15)4/h12,17H,6-11H2,1-5H3. The predicted molar refractivity (Wildman–Crippen MR) is 80.3 cm³/mol. The summed E-state index contributed by atoms with van der Waals surface area (Å²) in [6.07, 6.45) is 6.92. The van der Waals surface area contributed by atoms with Gasteiger partial charge >= 0.3 is 0 Å². The molecule has 1 saturated carbocycles. The highest BCUT2D eigenvalue weighted by atomic mass is 15.3. The normalized spacial score (nSPS) is 19.8. The summed E-state index contributed by atoms with van der Waals surface area (Å²) in [5.74, 6) is 0. The molecule has 19 heavy (non-hydrogen) atoms. The van der Waals surface area contributed by atoms with Crippen LogP contribution in [-0.2, 0) is 7.05 Å². The molecule has 1 heterocycles. The highest BCUT2D eigenvalue weighted by Crippen LogP contribution is 2.40. The number of hydrogen-bond acceptors (Lipinski definition) is 2. The largest absolute Gasteiger partial charge is 0.310 e. The van der Waals surface area contributed by atoms with Gasteiger partial charge in [-0.05, 0) is 45.4 Å². The van der Waals surface area contributed by atoms with E-state index in [9.17, 15) is 0 Å². The summed E-state index contributed by atoms with van der Waals surface area (Å²) >= 11 is 0. The van der Waals surface area contributed by atoms with E-state index in [2.05, 4.69) is 38.1 Å². The Hall–Kier alpha value is -0.830. The summed E-state index contributed by atoms with van der Waals surface area (Å²) in [4.78, 5) is 0. The Morgan fingerprint density at radius 3 is 2.42 bits per heavy atom. The van der Waals surface area contributed by atoms with Crippen molar-refractivity contribution < 1.29 is 0 Å². The van der Waals surface area contributed by atoms with E-state index in [1.54, 1.807) is 0 Å². The second-order valence-electron chi connectivity index (χ2n) is 6.37. The van der Waals surface area contributed by atoms with Crippen LogP contribution in [0.2, 0.25) is 0 Å². The average molecular weight is 263 g/mol. The van der Waals surface area contributed by atoms with Crippen LogP contribution in [0.5, 0.6) is 0 Å². The van der Waals surface area contributed by atoms with E-state index in [0.29, 0.717) is 11.5 Å². The smallest absolute Gasteiger partial charge is 0.0644 e. The Labute approximate surface area is 117 Å². The lowest BCUT2D eigenvalue weighted by atomic mass is 9.83. The summed E-state index contributed by atoms with van der Waals surface area (Å²) < 4.78 is 1.99. The van der Waals surface area contributed by atoms with Crippen molar-refractivity contribution in [3.63, 3.8) is 0 Å². The molecule has 0 aromatic carbocycles. The first-order chi connectivity index (χ1) is 8.99. The lowest BCUT2D eigenvalue weighted by Crippen LogP contribution is -2.33. The quantitative estimate of drug-likeness (QED) is 0.878. The van der Waals surface area contributed by atoms with Crippen LogP contribution in [0.15, 0.2) is 0 Å². The van der Waals surface area contributed by atoms with E-state index < -0.39 is 0 Å². The van der Waals surface area contributed by atoms with Crippen molar-refractivity contribution in [2.75, 3.05) is 6.54 Å². The molecule has 1 unspecified atom stereocenters. The van der Waals surface area contributed by atoms with Gasteiger partial charge in [-0.25, -0.2) is 0 Å². The van der Waals surface area contributed by atoms with E-state index in [-0.39, 0.29) is 0 Å². The van der Waals surface area contributed by atoms with Crippen molar-refractivity contribution in [1.29, 1.82) is 0 Å². The van der Waals surface area contributed by atoms with Crippen LogP contribution in [0.3, 0.4) is 0 Å². The first-order valence-electron chi connectivity index (χ1n) is 7.72. The van der Waals surface area contributed by atoms with E-state index in [4.69, 9.17) is 0 Å². The van der Waals surface area contributed by atoms with Gasteiger partial charge in [-0.3, -0.25) is 4.68 Å². The molecular weight excluding hydrogens is 234 g/mol. The van der Waals surface area contributed by atoms with Gasteiger partial charge in [-0.1, -0.05) is 19.8 Å². The molecule has 1 aromatic rings. The summed E-state index contributed by atoms with van der Waals surface area (Å²) in [6.45, 7) is 10.1. The van der Waals surface area contributed by atoms with Gasteiger partial charge < -0.3 is 5.32 Å². The zero-order valence-corrected chi connectivity index (χ0v) is 13.2. The Morgan fingerprint density at radius 2 is 1.95 bits per heavy atom. The van der Waals surface area contributed by atoms with Gasteiger partial charge in [-0.15, -0.1) is 0 Å². The Balaban J connectivity index is 2.03. The van der Waals surface area contributed by atoms with Crippen molar-refractivity contribution in [2.45, 2.75) is 65.8 Å². The molecule has 1 aromatic heterocycles. The number of aromatic nitrogens is 2. The number of rotatable bonds is 5. The Kier molecular flexibility index (Phi) is 4.34. The van der Waals surface area contributed by atoms with Crippen molar-refractivity contribution in [1.82, 2.24) is 15.1 Å². The van der Waals surface area contributed by atoms with E-state index in [1.807, 2.05) is 11.7 Å². The third-order valence-corrected chi connectivity index (χ3v) is 5.20. The molecule has 0 saturated heterocycles. The second-order valence-corrected chi connectivity index (χ2v) is 6.37. The monoisotopic (exact) mass is 263 g/mol. The van der Waals surface area contributed by atoms with Crippen LogP contribution in [-0.4, -0.2) is 16.3 Å². The molecule has 0 amide bonds. The number of nitrogens with one attached hydrogen (secondary N) is 1. The lowest BCUT2D eigenvalue weighted by Gasteiger charge is -2.30. The molecule has 0 aliphatic heterocycles. The molecule has 0 bridgehead atoms. The lowest BCUT2D eigenvalue weighted by molar-refractivity contribution is 0.258. The maximum atomic E-state index is 4.53. The van der Waals surface area contributed by atoms with Crippen LogP contribution < -0.4 is 5.32 Å². The van der Waals surface area contributed by atoms with E-state index in [0.717, 1.165) is 12.2 Å². The van der Waals surface area contributed by atoms with E-state index >= 15 is 0 Å². The zero-order valence-electron chi connectivity index (χ0n) is 13.2. The first kappa shape index (κ1) is 14.6. The summed E-state index contributed by atoms with van der Waals surface area (Å²) in [7, 11) is 2.03. The van der Waals surface area contributed by atoms with Gasteiger partial charge in [0.15, 0.2) is 0 Å². The molecule has 1 fully saturated rings. The maximum absolute atomic E-state index is 4.53. The van der Waals surface area contributed by atoms with Gasteiger partial charge in [0, 0.05) is 30.9 Å².